The minimum absolute atomic E-state index is 0.307. The molecule has 102 valence electrons. The molecule has 1 aromatic heterocycles. The zero-order chi connectivity index (χ0) is 13.4. The number of anilines is 1. The van der Waals surface area contributed by atoms with E-state index in [9.17, 15) is 0 Å². The fourth-order valence-electron chi connectivity index (χ4n) is 2.97. The molecule has 0 bridgehead atoms. The second-order valence-electron chi connectivity index (χ2n) is 5.33. The molecule has 4 nitrogen and oxygen atoms in total. The van der Waals surface area contributed by atoms with Gasteiger partial charge in [-0.25, -0.2) is 4.98 Å². The van der Waals surface area contributed by atoms with Crippen LogP contribution in [0.3, 0.4) is 0 Å². The van der Waals surface area contributed by atoms with Gasteiger partial charge in [-0.1, -0.05) is 11.6 Å². The molecule has 2 aromatic rings. The van der Waals surface area contributed by atoms with E-state index < -0.39 is 0 Å². The van der Waals surface area contributed by atoms with E-state index in [0.717, 1.165) is 22.6 Å². The number of fused-ring (bicyclic) bond motifs is 1. The highest BCUT2D eigenvalue weighted by Gasteiger charge is 2.19. The third-order valence-electron chi connectivity index (χ3n) is 3.84. The standard InChI is InChI=1S/C14H19ClN4/c1-10(9-18-6-2-3-7-18)19-13-8-11(15)4-5-12(13)17-14(19)16/h4-5,8,10H,2-3,6-7,9H2,1H3,(H2,16,17). The van der Waals surface area contributed by atoms with Crippen molar-refractivity contribution < 1.29 is 0 Å². The maximum Gasteiger partial charge on any atom is 0.201 e. The Hall–Kier alpha value is -1.26. The van der Waals surface area contributed by atoms with Gasteiger partial charge in [0.05, 0.1) is 11.0 Å². The highest BCUT2D eigenvalue weighted by molar-refractivity contribution is 6.31. The molecule has 1 unspecified atom stereocenters. The number of halogens is 1. The Morgan fingerprint density at radius 3 is 2.84 bits per heavy atom. The maximum atomic E-state index is 6.08. The first-order valence-corrected chi connectivity index (χ1v) is 7.18. The predicted molar refractivity (Wildman–Crippen MR) is 79.5 cm³/mol. The van der Waals surface area contributed by atoms with E-state index in [-0.39, 0.29) is 0 Å². The van der Waals surface area contributed by atoms with Crippen molar-refractivity contribution in [3.63, 3.8) is 0 Å². The van der Waals surface area contributed by atoms with Crippen molar-refractivity contribution in [2.24, 2.45) is 0 Å². The lowest BCUT2D eigenvalue weighted by Gasteiger charge is -2.22. The molecule has 0 radical (unpaired) electrons. The van der Waals surface area contributed by atoms with Crippen LogP contribution in [-0.2, 0) is 0 Å². The molecule has 19 heavy (non-hydrogen) atoms. The van der Waals surface area contributed by atoms with Gasteiger partial charge in [0.15, 0.2) is 0 Å². The highest BCUT2D eigenvalue weighted by Crippen LogP contribution is 2.26. The van der Waals surface area contributed by atoms with Gasteiger partial charge in [0, 0.05) is 17.6 Å². The smallest absolute Gasteiger partial charge is 0.201 e. The van der Waals surface area contributed by atoms with E-state index in [0.29, 0.717) is 12.0 Å². The Morgan fingerprint density at radius 2 is 2.11 bits per heavy atom. The lowest BCUT2D eigenvalue weighted by Crippen LogP contribution is -2.27. The van der Waals surface area contributed by atoms with E-state index in [2.05, 4.69) is 21.4 Å². The second kappa shape index (κ2) is 5.02. The lowest BCUT2D eigenvalue weighted by molar-refractivity contribution is 0.291. The first kappa shape index (κ1) is 12.8. The molecular formula is C14H19ClN4. The van der Waals surface area contributed by atoms with E-state index in [1.165, 1.54) is 25.9 Å². The van der Waals surface area contributed by atoms with Gasteiger partial charge >= 0.3 is 0 Å². The van der Waals surface area contributed by atoms with Crippen molar-refractivity contribution in [2.45, 2.75) is 25.8 Å². The van der Waals surface area contributed by atoms with Crippen molar-refractivity contribution in [1.29, 1.82) is 0 Å². The van der Waals surface area contributed by atoms with Crippen LogP contribution in [-0.4, -0.2) is 34.1 Å². The number of nitrogens with zero attached hydrogens (tertiary/aromatic N) is 3. The van der Waals surface area contributed by atoms with Gasteiger partial charge < -0.3 is 15.2 Å². The van der Waals surface area contributed by atoms with Crippen LogP contribution >= 0.6 is 11.6 Å². The summed E-state index contributed by atoms with van der Waals surface area (Å²) >= 11 is 6.08. The summed E-state index contributed by atoms with van der Waals surface area (Å²) in [6.07, 6.45) is 2.61. The van der Waals surface area contributed by atoms with Gasteiger partial charge in [-0.15, -0.1) is 0 Å². The number of nitrogen functional groups attached to an aromatic ring is 1. The highest BCUT2D eigenvalue weighted by atomic mass is 35.5. The van der Waals surface area contributed by atoms with Crippen LogP contribution in [0.25, 0.3) is 11.0 Å². The summed E-state index contributed by atoms with van der Waals surface area (Å²) in [5, 5.41) is 0.724. The Labute approximate surface area is 118 Å². The van der Waals surface area contributed by atoms with Gasteiger partial charge in [-0.3, -0.25) is 0 Å². The number of imidazole rings is 1. The van der Waals surface area contributed by atoms with Crippen molar-refractivity contribution in [3.05, 3.63) is 23.2 Å². The summed E-state index contributed by atoms with van der Waals surface area (Å²) < 4.78 is 2.10. The molecular weight excluding hydrogens is 260 g/mol. The second-order valence-corrected chi connectivity index (χ2v) is 5.77. The monoisotopic (exact) mass is 278 g/mol. The first-order chi connectivity index (χ1) is 9.15. The SMILES string of the molecule is CC(CN1CCCC1)n1c(N)nc2ccc(Cl)cc21. The van der Waals surface area contributed by atoms with Crippen LogP contribution < -0.4 is 5.73 Å². The van der Waals surface area contributed by atoms with Gasteiger partial charge in [-0.05, 0) is 51.1 Å². The molecule has 5 heteroatoms. The van der Waals surface area contributed by atoms with E-state index >= 15 is 0 Å². The number of benzene rings is 1. The molecule has 3 rings (SSSR count). The zero-order valence-corrected chi connectivity index (χ0v) is 11.9. The minimum Gasteiger partial charge on any atom is -0.369 e. The molecule has 1 aromatic carbocycles. The van der Waals surface area contributed by atoms with Crippen molar-refractivity contribution in [3.8, 4) is 0 Å². The number of nitrogens with two attached hydrogens (primary N) is 1. The molecule has 0 aliphatic carbocycles. The first-order valence-electron chi connectivity index (χ1n) is 6.80. The van der Waals surface area contributed by atoms with Crippen LogP contribution in [0.1, 0.15) is 25.8 Å². The number of aromatic nitrogens is 2. The molecule has 1 saturated heterocycles. The molecule has 0 spiro atoms. The summed E-state index contributed by atoms with van der Waals surface area (Å²) in [5.74, 6) is 0.573. The largest absolute Gasteiger partial charge is 0.369 e. The third-order valence-corrected chi connectivity index (χ3v) is 4.08. The van der Waals surface area contributed by atoms with Crippen molar-refractivity contribution in [2.75, 3.05) is 25.4 Å². The van der Waals surface area contributed by atoms with Crippen LogP contribution in [0.2, 0.25) is 5.02 Å². The average molecular weight is 279 g/mol. The number of hydrogen-bond donors (Lipinski definition) is 1. The Bertz CT molecular complexity index is 586. The number of hydrogen-bond acceptors (Lipinski definition) is 3. The quantitative estimate of drug-likeness (QED) is 0.939. The van der Waals surface area contributed by atoms with Crippen LogP contribution in [0.4, 0.5) is 5.95 Å². The summed E-state index contributed by atoms with van der Waals surface area (Å²) in [6, 6.07) is 6.03. The molecule has 0 amide bonds. The van der Waals surface area contributed by atoms with Gasteiger partial charge in [0.1, 0.15) is 0 Å². The summed E-state index contributed by atoms with van der Waals surface area (Å²) in [6.45, 7) is 5.59. The fourth-order valence-corrected chi connectivity index (χ4v) is 3.13. The van der Waals surface area contributed by atoms with Gasteiger partial charge in [0.2, 0.25) is 5.95 Å². The molecule has 2 heterocycles. The van der Waals surface area contributed by atoms with Crippen molar-refractivity contribution >= 4 is 28.6 Å². The topological polar surface area (TPSA) is 47.1 Å². The maximum absolute atomic E-state index is 6.08. The summed E-state index contributed by atoms with van der Waals surface area (Å²) in [5.41, 5.74) is 8.01. The summed E-state index contributed by atoms with van der Waals surface area (Å²) in [4.78, 5) is 6.90. The van der Waals surface area contributed by atoms with Gasteiger partial charge in [-0.2, -0.15) is 0 Å². The van der Waals surface area contributed by atoms with Crippen molar-refractivity contribution in [1.82, 2.24) is 14.5 Å². The van der Waals surface area contributed by atoms with E-state index in [4.69, 9.17) is 17.3 Å². The molecule has 1 atom stereocenters. The van der Waals surface area contributed by atoms with E-state index in [1.54, 1.807) is 0 Å². The molecule has 1 fully saturated rings. The molecule has 1 aliphatic heterocycles. The zero-order valence-electron chi connectivity index (χ0n) is 11.1. The van der Waals surface area contributed by atoms with E-state index in [1.807, 2.05) is 18.2 Å². The molecule has 1 aliphatic rings. The normalized spacial score (nSPS) is 18.2. The number of likely N-dealkylation sites (tertiary alicyclic amines) is 1. The summed E-state index contributed by atoms with van der Waals surface area (Å²) in [7, 11) is 0. The predicted octanol–water partition coefficient (Wildman–Crippen LogP) is 2.93. The van der Waals surface area contributed by atoms with Gasteiger partial charge in [0.25, 0.3) is 0 Å². The molecule has 2 N–H and O–H groups in total. The average Bonchev–Trinajstić information content (AvgIpc) is 2.95. The Balaban J connectivity index is 1.93. The minimum atomic E-state index is 0.307. The number of rotatable bonds is 3. The Kier molecular flexibility index (Phi) is 3.37. The van der Waals surface area contributed by atoms with Crippen LogP contribution in [0, 0.1) is 0 Å². The Morgan fingerprint density at radius 1 is 1.37 bits per heavy atom. The third kappa shape index (κ3) is 2.42. The van der Waals surface area contributed by atoms with Crippen LogP contribution in [0.15, 0.2) is 18.2 Å². The fraction of sp³-hybridized carbons (Fsp3) is 0.500. The van der Waals surface area contributed by atoms with Crippen LogP contribution in [0.5, 0.6) is 0 Å². The molecule has 0 saturated carbocycles. The lowest BCUT2D eigenvalue weighted by atomic mass is 10.2.